The summed E-state index contributed by atoms with van der Waals surface area (Å²) in [7, 11) is 0. The number of hydrogen-bond acceptors (Lipinski definition) is 2. The van der Waals surface area contributed by atoms with Crippen molar-refractivity contribution >= 4 is 11.8 Å². The van der Waals surface area contributed by atoms with Gasteiger partial charge in [-0.05, 0) is 44.0 Å². The minimum absolute atomic E-state index is 0.154. The first-order valence-electron chi connectivity index (χ1n) is 5.13. The van der Waals surface area contributed by atoms with Crippen molar-refractivity contribution in [2.75, 3.05) is 5.75 Å². The van der Waals surface area contributed by atoms with Crippen molar-refractivity contribution in [1.82, 2.24) is 5.32 Å². The summed E-state index contributed by atoms with van der Waals surface area (Å²) in [6.45, 7) is 6.35. The second-order valence-electron chi connectivity index (χ2n) is 4.72. The number of rotatable bonds is 1. The predicted molar refractivity (Wildman–Crippen MR) is 63.6 cm³/mol. The van der Waals surface area contributed by atoms with Gasteiger partial charge in [0.05, 0.1) is 5.37 Å². The lowest BCUT2D eigenvalue weighted by atomic mass is 10.1. The zero-order chi connectivity index (χ0) is 11.1. The molecule has 0 aromatic heterocycles. The van der Waals surface area contributed by atoms with Gasteiger partial charge in [0, 0.05) is 11.3 Å². The largest absolute Gasteiger partial charge is 0.296 e. The Morgan fingerprint density at radius 1 is 1.47 bits per heavy atom. The molecule has 1 aliphatic heterocycles. The Balaban J connectivity index is 2.24. The molecule has 1 atom stereocenters. The van der Waals surface area contributed by atoms with Crippen LogP contribution in [-0.2, 0) is 0 Å². The molecule has 1 aromatic rings. The van der Waals surface area contributed by atoms with Gasteiger partial charge in [-0.2, -0.15) is 0 Å². The van der Waals surface area contributed by atoms with Crippen LogP contribution >= 0.6 is 11.8 Å². The molecule has 1 aromatic carbocycles. The summed E-state index contributed by atoms with van der Waals surface area (Å²) in [5, 5.41) is 3.85. The van der Waals surface area contributed by atoms with Crippen LogP contribution in [0.2, 0.25) is 0 Å². The van der Waals surface area contributed by atoms with Crippen molar-refractivity contribution in [2.24, 2.45) is 0 Å². The van der Waals surface area contributed by atoms with Crippen LogP contribution in [0, 0.1) is 12.7 Å². The van der Waals surface area contributed by atoms with E-state index in [9.17, 15) is 4.39 Å². The molecule has 15 heavy (non-hydrogen) atoms. The van der Waals surface area contributed by atoms with Crippen molar-refractivity contribution in [2.45, 2.75) is 31.7 Å². The zero-order valence-electron chi connectivity index (χ0n) is 9.30. The van der Waals surface area contributed by atoms with Crippen LogP contribution in [-0.4, -0.2) is 11.3 Å². The van der Waals surface area contributed by atoms with Crippen LogP contribution < -0.4 is 5.32 Å². The average Bonchev–Trinajstić information content (AvgIpc) is 2.46. The first kappa shape index (κ1) is 11.0. The predicted octanol–water partition coefficient (Wildman–Crippen LogP) is 3.25. The van der Waals surface area contributed by atoms with Gasteiger partial charge in [-0.25, -0.2) is 4.39 Å². The number of nitrogens with one attached hydrogen (secondary N) is 1. The topological polar surface area (TPSA) is 12.0 Å². The fourth-order valence-electron chi connectivity index (χ4n) is 1.83. The molecular formula is C12H16FNS. The van der Waals surface area contributed by atoms with Gasteiger partial charge in [-0.1, -0.05) is 6.07 Å². The molecule has 0 saturated carbocycles. The second kappa shape index (κ2) is 3.80. The van der Waals surface area contributed by atoms with E-state index in [0.717, 1.165) is 11.3 Å². The molecule has 3 heteroatoms. The van der Waals surface area contributed by atoms with E-state index >= 15 is 0 Å². The monoisotopic (exact) mass is 225 g/mol. The van der Waals surface area contributed by atoms with Gasteiger partial charge < -0.3 is 0 Å². The molecule has 0 bridgehead atoms. The van der Waals surface area contributed by atoms with E-state index in [1.54, 1.807) is 6.07 Å². The third kappa shape index (κ3) is 2.34. The van der Waals surface area contributed by atoms with E-state index in [-0.39, 0.29) is 11.4 Å². The van der Waals surface area contributed by atoms with Gasteiger partial charge in [0.15, 0.2) is 0 Å². The third-order valence-corrected chi connectivity index (χ3v) is 4.24. The molecule has 1 fully saturated rings. The fourth-order valence-corrected chi connectivity index (χ4v) is 3.34. The van der Waals surface area contributed by atoms with Crippen LogP contribution in [0.1, 0.15) is 30.3 Å². The summed E-state index contributed by atoms with van der Waals surface area (Å²) >= 11 is 1.89. The average molecular weight is 225 g/mol. The minimum Gasteiger partial charge on any atom is -0.296 e. The molecule has 1 saturated heterocycles. The van der Waals surface area contributed by atoms with E-state index in [1.807, 2.05) is 24.8 Å². The van der Waals surface area contributed by atoms with Crippen molar-refractivity contribution < 1.29 is 4.39 Å². The van der Waals surface area contributed by atoms with Crippen LogP contribution in [0.25, 0.3) is 0 Å². The Labute approximate surface area is 94.5 Å². The van der Waals surface area contributed by atoms with E-state index in [4.69, 9.17) is 0 Å². The number of benzene rings is 1. The van der Waals surface area contributed by atoms with Crippen LogP contribution in [0.5, 0.6) is 0 Å². The first-order valence-corrected chi connectivity index (χ1v) is 6.18. The first-order chi connectivity index (χ1) is 6.98. The summed E-state index contributed by atoms with van der Waals surface area (Å²) in [5.41, 5.74) is 2.40. The summed E-state index contributed by atoms with van der Waals surface area (Å²) < 4.78 is 13.0. The Hall–Kier alpha value is -0.540. The minimum atomic E-state index is -0.154. The second-order valence-corrected chi connectivity index (χ2v) is 5.81. The molecule has 1 unspecified atom stereocenters. The highest BCUT2D eigenvalue weighted by atomic mass is 32.2. The summed E-state index contributed by atoms with van der Waals surface area (Å²) in [6.07, 6.45) is 0. The lowest BCUT2D eigenvalue weighted by molar-refractivity contribution is 0.451. The maximum absolute atomic E-state index is 13.0. The van der Waals surface area contributed by atoms with Gasteiger partial charge in [0.2, 0.25) is 0 Å². The van der Waals surface area contributed by atoms with E-state index in [0.29, 0.717) is 5.37 Å². The van der Waals surface area contributed by atoms with Crippen molar-refractivity contribution in [3.05, 3.63) is 35.1 Å². The fraction of sp³-hybridized carbons (Fsp3) is 0.500. The summed E-state index contributed by atoms with van der Waals surface area (Å²) in [5.74, 6) is 0.938. The van der Waals surface area contributed by atoms with Crippen molar-refractivity contribution in [3.63, 3.8) is 0 Å². The molecule has 0 radical (unpaired) electrons. The van der Waals surface area contributed by atoms with Crippen molar-refractivity contribution in [1.29, 1.82) is 0 Å². The number of aryl methyl sites for hydroxylation is 1. The molecule has 0 aliphatic carbocycles. The lowest BCUT2D eigenvalue weighted by Crippen LogP contribution is -2.36. The SMILES string of the molecule is Cc1cc(F)ccc1C1NC(C)(C)CS1. The Kier molecular flexibility index (Phi) is 2.77. The van der Waals surface area contributed by atoms with Crippen LogP contribution in [0.15, 0.2) is 18.2 Å². The highest BCUT2D eigenvalue weighted by molar-refractivity contribution is 7.99. The van der Waals surface area contributed by atoms with Gasteiger partial charge in [0.1, 0.15) is 5.82 Å². The van der Waals surface area contributed by atoms with Crippen molar-refractivity contribution in [3.8, 4) is 0 Å². The van der Waals surface area contributed by atoms with E-state index in [1.165, 1.54) is 11.6 Å². The van der Waals surface area contributed by atoms with Gasteiger partial charge in [0.25, 0.3) is 0 Å². The van der Waals surface area contributed by atoms with E-state index < -0.39 is 0 Å². The standard InChI is InChI=1S/C12H16FNS/c1-8-6-9(13)4-5-10(8)11-14-12(2,3)7-15-11/h4-6,11,14H,7H2,1-3H3. The lowest BCUT2D eigenvalue weighted by Gasteiger charge is -2.20. The number of hydrogen-bond donors (Lipinski definition) is 1. The molecule has 0 amide bonds. The Morgan fingerprint density at radius 2 is 2.20 bits per heavy atom. The molecule has 0 spiro atoms. The highest BCUT2D eigenvalue weighted by Gasteiger charge is 2.31. The molecular weight excluding hydrogens is 209 g/mol. The maximum Gasteiger partial charge on any atom is 0.123 e. The molecule has 1 N–H and O–H groups in total. The van der Waals surface area contributed by atoms with Crippen LogP contribution in [0.4, 0.5) is 4.39 Å². The number of thioether (sulfide) groups is 1. The van der Waals surface area contributed by atoms with E-state index in [2.05, 4.69) is 19.2 Å². The normalized spacial score (nSPS) is 24.4. The quantitative estimate of drug-likeness (QED) is 0.787. The Morgan fingerprint density at radius 3 is 2.73 bits per heavy atom. The van der Waals surface area contributed by atoms with Gasteiger partial charge in [-0.15, -0.1) is 11.8 Å². The molecule has 1 heterocycles. The zero-order valence-corrected chi connectivity index (χ0v) is 10.1. The number of halogens is 1. The Bertz CT molecular complexity index is 376. The third-order valence-electron chi connectivity index (χ3n) is 2.65. The highest BCUT2D eigenvalue weighted by Crippen LogP contribution is 2.38. The van der Waals surface area contributed by atoms with Gasteiger partial charge >= 0.3 is 0 Å². The smallest absolute Gasteiger partial charge is 0.123 e. The molecule has 2 rings (SSSR count). The van der Waals surface area contributed by atoms with Gasteiger partial charge in [-0.3, -0.25) is 5.32 Å². The molecule has 82 valence electrons. The molecule has 1 nitrogen and oxygen atoms in total. The summed E-state index contributed by atoms with van der Waals surface area (Å²) in [6, 6.07) is 5.02. The maximum atomic E-state index is 13.0. The summed E-state index contributed by atoms with van der Waals surface area (Å²) in [4.78, 5) is 0. The molecule has 1 aliphatic rings. The van der Waals surface area contributed by atoms with Crippen LogP contribution in [0.3, 0.4) is 0 Å².